The molecule has 0 N–H and O–H groups in total. The molecule has 0 atom stereocenters. The summed E-state index contributed by atoms with van der Waals surface area (Å²) in [5.41, 5.74) is 0.705. The van der Waals surface area contributed by atoms with Gasteiger partial charge in [-0.05, 0) is 18.6 Å². The largest absolute Gasteiger partial charge is 0.296 e. The molecule has 0 fully saturated rings. The van der Waals surface area contributed by atoms with E-state index in [-0.39, 0.29) is 11.5 Å². The van der Waals surface area contributed by atoms with E-state index in [1.807, 2.05) is 0 Å². The number of pyridine rings is 1. The Bertz CT molecular complexity index is 260. The predicted octanol–water partition coefficient (Wildman–Crippen LogP) is 1.34. The molecule has 0 saturated carbocycles. The molecule has 52 valence electrons. The number of carbonyl (C=O) groups excluding carboxylic acids is 1. The molecular formula is C7H6FNO. The molecule has 0 aliphatic carbocycles. The van der Waals surface area contributed by atoms with Crippen molar-refractivity contribution in [1.29, 1.82) is 0 Å². The van der Waals surface area contributed by atoms with Crippen LogP contribution in [0, 0.1) is 12.7 Å². The van der Waals surface area contributed by atoms with E-state index >= 15 is 0 Å². The highest BCUT2D eigenvalue weighted by molar-refractivity contribution is 5.71. The summed E-state index contributed by atoms with van der Waals surface area (Å²) in [5, 5.41) is 0. The number of hydrogen-bond donors (Lipinski definition) is 0. The van der Waals surface area contributed by atoms with Gasteiger partial charge in [0.2, 0.25) is 0 Å². The minimum absolute atomic E-state index is 0.263. The number of nitrogens with zero attached hydrogens (tertiary/aromatic N) is 1. The summed E-state index contributed by atoms with van der Waals surface area (Å²) in [6, 6.07) is 1.41. The van der Waals surface area contributed by atoms with E-state index in [1.54, 1.807) is 6.92 Å². The van der Waals surface area contributed by atoms with Crippen molar-refractivity contribution in [3.63, 3.8) is 0 Å². The fraction of sp³-hybridized carbons (Fsp3) is 0.143. The second-order valence-corrected chi connectivity index (χ2v) is 1.98. The maximum absolute atomic E-state index is 12.5. The monoisotopic (exact) mass is 139 g/mol. The summed E-state index contributed by atoms with van der Waals surface area (Å²) < 4.78 is 12.5. The third kappa shape index (κ3) is 1.18. The predicted molar refractivity (Wildman–Crippen MR) is 34.3 cm³/mol. The molecule has 1 heterocycles. The first-order chi connectivity index (χ1) is 4.74. The fourth-order valence-corrected chi connectivity index (χ4v) is 0.626. The Kier molecular flexibility index (Phi) is 1.76. The molecule has 0 amide bonds. The maximum atomic E-state index is 12.5. The molecule has 0 aromatic carbocycles. The Morgan fingerprint density at radius 2 is 2.40 bits per heavy atom. The molecule has 0 aliphatic heterocycles. The van der Waals surface area contributed by atoms with E-state index in [0.717, 1.165) is 6.20 Å². The molecule has 2 nitrogen and oxygen atoms in total. The average Bonchev–Trinajstić information content (AvgIpc) is 1.95. The van der Waals surface area contributed by atoms with Gasteiger partial charge in [0.25, 0.3) is 0 Å². The van der Waals surface area contributed by atoms with Gasteiger partial charge in [-0.25, -0.2) is 4.39 Å². The summed E-state index contributed by atoms with van der Waals surface area (Å²) in [5.74, 6) is -0.384. The summed E-state index contributed by atoms with van der Waals surface area (Å²) in [6.45, 7) is 1.59. The number of aldehydes is 1. The van der Waals surface area contributed by atoms with Crippen molar-refractivity contribution >= 4 is 6.29 Å². The zero-order valence-corrected chi connectivity index (χ0v) is 5.47. The van der Waals surface area contributed by atoms with E-state index < -0.39 is 0 Å². The van der Waals surface area contributed by atoms with Crippen molar-refractivity contribution in [2.24, 2.45) is 0 Å². The lowest BCUT2D eigenvalue weighted by Gasteiger charge is -1.93. The van der Waals surface area contributed by atoms with Crippen LogP contribution in [0.15, 0.2) is 12.3 Å². The molecule has 3 heteroatoms. The molecule has 1 aromatic rings. The Hall–Kier alpha value is -1.25. The molecule has 0 saturated heterocycles. The molecule has 0 radical (unpaired) electrons. The van der Waals surface area contributed by atoms with Crippen LogP contribution in [0.1, 0.15) is 16.1 Å². The van der Waals surface area contributed by atoms with Gasteiger partial charge in [-0.3, -0.25) is 9.78 Å². The topological polar surface area (TPSA) is 30.0 Å². The third-order valence-electron chi connectivity index (χ3n) is 1.19. The van der Waals surface area contributed by atoms with E-state index in [4.69, 9.17) is 0 Å². The van der Waals surface area contributed by atoms with Gasteiger partial charge in [-0.2, -0.15) is 0 Å². The first-order valence-corrected chi connectivity index (χ1v) is 2.81. The van der Waals surface area contributed by atoms with Crippen molar-refractivity contribution in [3.8, 4) is 0 Å². The van der Waals surface area contributed by atoms with Crippen molar-refractivity contribution in [2.75, 3.05) is 0 Å². The molecule has 1 rings (SSSR count). The van der Waals surface area contributed by atoms with Crippen LogP contribution in [-0.2, 0) is 0 Å². The number of carbonyl (C=O) groups is 1. The Balaban J connectivity index is 3.16. The number of aromatic nitrogens is 1. The van der Waals surface area contributed by atoms with E-state index in [9.17, 15) is 9.18 Å². The van der Waals surface area contributed by atoms with Gasteiger partial charge in [-0.15, -0.1) is 0 Å². The quantitative estimate of drug-likeness (QED) is 0.549. The average molecular weight is 139 g/mol. The highest BCUT2D eigenvalue weighted by Crippen LogP contribution is 2.03. The minimum Gasteiger partial charge on any atom is -0.296 e. The smallest absolute Gasteiger partial charge is 0.168 e. The molecular weight excluding hydrogens is 133 g/mol. The highest BCUT2D eigenvalue weighted by atomic mass is 19.1. The second kappa shape index (κ2) is 2.56. The number of rotatable bonds is 1. The summed E-state index contributed by atoms with van der Waals surface area (Å²) in [7, 11) is 0. The van der Waals surface area contributed by atoms with Gasteiger partial charge < -0.3 is 0 Å². The normalized spacial score (nSPS) is 9.40. The molecule has 10 heavy (non-hydrogen) atoms. The van der Waals surface area contributed by atoms with Crippen LogP contribution in [0.2, 0.25) is 0 Å². The fourth-order valence-electron chi connectivity index (χ4n) is 0.626. The van der Waals surface area contributed by atoms with Gasteiger partial charge in [0, 0.05) is 0 Å². The molecule has 0 spiro atoms. The lowest BCUT2D eigenvalue weighted by molar-refractivity contribution is 0.111. The third-order valence-corrected chi connectivity index (χ3v) is 1.19. The van der Waals surface area contributed by atoms with Gasteiger partial charge >= 0.3 is 0 Å². The van der Waals surface area contributed by atoms with E-state index in [2.05, 4.69) is 4.98 Å². The summed E-state index contributed by atoms with van der Waals surface area (Å²) >= 11 is 0. The van der Waals surface area contributed by atoms with Gasteiger partial charge in [0.05, 0.1) is 6.20 Å². The highest BCUT2D eigenvalue weighted by Gasteiger charge is 1.97. The first kappa shape index (κ1) is 6.86. The number of halogens is 1. The molecule has 1 aromatic heterocycles. The Morgan fingerprint density at radius 3 is 2.90 bits per heavy atom. The lowest BCUT2D eigenvalue weighted by Crippen LogP contribution is -1.90. The summed E-state index contributed by atoms with van der Waals surface area (Å²) in [6.07, 6.45) is 1.63. The second-order valence-electron chi connectivity index (χ2n) is 1.98. The van der Waals surface area contributed by atoms with Crippen LogP contribution >= 0.6 is 0 Å². The van der Waals surface area contributed by atoms with Crippen LogP contribution in [0.5, 0.6) is 0 Å². The van der Waals surface area contributed by atoms with Crippen LogP contribution in [0.4, 0.5) is 4.39 Å². The molecule has 0 bridgehead atoms. The number of aryl methyl sites for hydroxylation is 1. The van der Waals surface area contributed by atoms with Gasteiger partial charge in [0.15, 0.2) is 6.29 Å². The minimum atomic E-state index is -0.384. The van der Waals surface area contributed by atoms with Crippen molar-refractivity contribution in [1.82, 2.24) is 4.98 Å². The van der Waals surface area contributed by atoms with Crippen LogP contribution in [0.3, 0.4) is 0 Å². The van der Waals surface area contributed by atoms with E-state index in [1.165, 1.54) is 6.07 Å². The van der Waals surface area contributed by atoms with Crippen molar-refractivity contribution in [2.45, 2.75) is 6.92 Å². The molecule has 0 aliphatic rings. The van der Waals surface area contributed by atoms with E-state index in [0.29, 0.717) is 11.8 Å². The Morgan fingerprint density at radius 1 is 1.70 bits per heavy atom. The van der Waals surface area contributed by atoms with Crippen LogP contribution < -0.4 is 0 Å². The SMILES string of the molecule is Cc1cc(C=O)ncc1F. The molecule has 0 unspecified atom stereocenters. The summed E-state index contributed by atoms with van der Waals surface area (Å²) in [4.78, 5) is 13.6. The maximum Gasteiger partial charge on any atom is 0.168 e. The van der Waals surface area contributed by atoms with Crippen molar-refractivity contribution in [3.05, 3.63) is 29.3 Å². The lowest BCUT2D eigenvalue weighted by atomic mass is 10.2. The van der Waals surface area contributed by atoms with Crippen molar-refractivity contribution < 1.29 is 9.18 Å². The Labute approximate surface area is 57.7 Å². The van der Waals surface area contributed by atoms with Crippen LogP contribution in [-0.4, -0.2) is 11.3 Å². The number of hydrogen-bond acceptors (Lipinski definition) is 2. The van der Waals surface area contributed by atoms with Gasteiger partial charge in [-0.1, -0.05) is 0 Å². The van der Waals surface area contributed by atoms with Crippen LogP contribution in [0.25, 0.3) is 0 Å². The van der Waals surface area contributed by atoms with Gasteiger partial charge in [0.1, 0.15) is 11.5 Å². The standard InChI is InChI=1S/C7H6FNO/c1-5-2-6(4-10)9-3-7(5)8/h2-4H,1H3. The zero-order chi connectivity index (χ0) is 7.56. The zero-order valence-electron chi connectivity index (χ0n) is 5.47. The first-order valence-electron chi connectivity index (χ1n) is 2.81.